The van der Waals surface area contributed by atoms with E-state index in [0.29, 0.717) is 12.1 Å². The van der Waals surface area contributed by atoms with E-state index in [9.17, 15) is 9.59 Å². The van der Waals surface area contributed by atoms with Gasteiger partial charge in [-0.1, -0.05) is 6.92 Å². The number of nitrogens with one attached hydrogen (secondary N) is 1. The number of esters is 1. The first kappa shape index (κ1) is 14.0. The highest BCUT2D eigenvalue weighted by Crippen LogP contribution is 2.13. The SMILES string of the molecule is CCC(CC(=O)O)Nc1ccnc(C(=O)OC)c1. The number of aliphatic carboxylic acids is 1. The summed E-state index contributed by atoms with van der Waals surface area (Å²) in [5, 5.41) is 11.8. The fourth-order valence-corrected chi connectivity index (χ4v) is 1.48. The predicted molar refractivity (Wildman–Crippen MR) is 65.5 cm³/mol. The molecule has 0 aliphatic rings. The smallest absolute Gasteiger partial charge is 0.356 e. The van der Waals surface area contributed by atoms with Gasteiger partial charge in [-0.05, 0) is 18.6 Å². The van der Waals surface area contributed by atoms with E-state index in [1.807, 2.05) is 6.92 Å². The Morgan fingerprint density at radius 3 is 2.83 bits per heavy atom. The summed E-state index contributed by atoms with van der Waals surface area (Å²) in [4.78, 5) is 25.8. The highest BCUT2D eigenvalue weighted by atomic mass is 16.5. The van der Waals surface area contributed by atoms with Gasteiger partial charge in [-0.25, -0.2) is 9.78 Å². The number of anilines is 1. The van der Waals surface area contributed by atoms with E-state index in [2.05, 4.69) is 15.0 Å². The van der Waals surface area contributed by atoms with E-state index in [-0.39, 0.29) is 18.2 Å². The second-order valence-electron chi connectivity index (χ2n) is 3.77. The number of nitrogens with zero attached hydrogens (tertiary/aromatic N) is 1. The van der Waals surface area contributed by atoms with Crippen LogP contribution in [0.4, 0.5) is 5.69 Å². The van der Waals surface area contributed by atoms with Crippen molar-refractivity contribution in [3.05, 3.63) is 24.0 Å². The Balaban J connectivity index is 2.77. The molecule has 1 unspecified atom stereocenters. The highest BCUT2D eigenvalue weighted by Gasteiger charge is 2.12. The van der Waals surface area contributed by atoms with Crippen LogP contribution >= 0.6 is 0 Å². The molecular formula is C12H16N2O4. The number of carboxylic acids is 1. The summed E-state index contributed by atoms with van der Waals surface area (Å²) in [6, 6.07) is 3.03. The second kappa shape index (κ2) is 6.58. The molecule has 0 aromatic carbocycles. The van der Waals surface area contributed by atoms with E-state index in [4.69, 9.17) is 5.11 Å². The van der Waals surface area contributed by atoms with Gasteiger partial charge in [-0.2, -0.15) is 0 Å². The number of ether oxygens (including phenoxy) is 1. The number of methoxy groups -OCH3 is 1. The summed E-state index contributed by atoms with van der Waals surface area (Å²) in [5.74, 6) is -1.39. The van der Waals surface area contributed by atoms with Crippen molar-refractivity contribution >= 4 is 17.6 Å². The first-order valence-corrected chi connectivity index (χ1v) is 5.59. The van der Waals surface area contributed by atoms with Crippen LogP contribution in [-0.4, -0.2) is 35.2 Å². The van der Waals surface area contributed by atoms with Gasteiger partial charge >= 0.3 is 11.9 Å². The highest BCUT2D eigenvalue weighted by molar-refractivity contribution is 5.88. The van der Waals surface area contributed by atoms with Crippen LogP contribution in [-0.2, 0) is 9.53 Å². The number of pyridine rings is 1. The molecule has 0 radical (unpaired) electrons. The monoisotopic (exact) mass is 252 g/mol. The molecule has 0 amide bonds. The molecule has 18 heavy (non-hydrogen) atoms. The van der Waals surface area contributed by atoms with Crippen molar-refractivity contribution in [3.63, 3.8) is 0 Å². The van der Waals surface area contributed by atoms with Crippen molar-refractivity contribution < 1.29 is 19.4 Å². The van der Waals surface area contributed by atoms with Crippen LogP contribution in [0.2, 0.25) is 0 Å². The standard InChI is InChI=1S/C12H16N2O4/c1-3-8(7-11(15)16)14-9-4-5-13-10(6-9)12(17)18-2/h4-6,8H,3,7H2,1-2H3,(H,13,14)(H,15,16). The van der Waals surface area contributed by atoms with E-state index in [0.717, 1.165) is 0 Å². The zero-order chi connectivity index (χ0) is 13.5. The quantitative estimate of drug-likeness (QED) is 0.746. The van der Waals surface area contributed by atoms with Crippen LogP contribution in [0, 0.1) is 0 Å². The van der Waals surface area contributed by atoms with Crippen LogP contribution < -0.4 is 5.32 Å². The molecule has 98 valence electrons. The fourth-order valence-electron chi connectivity index (χ4n) is 1.48. The lowest BCUT2D eigenvalue weighted by atomic mass is 10.1. The molecule has 0 saturated carbocycles. The lowest BCUT2D eigenvalue weighted by Crippen LogP contribution is -2.22. The van der Waals surface area contributed by atoms with Gasteiger partial charge in [0.15, 0.2) is 0 Å². The predicted octanol–water partition coefficient (Wildman–Crippen LogP) is 1.53. The Kier molecular flexibility index (Phi) is 5.10. The van der Waals surface area contributed by atoms with Gasteiger partial charge < -0.3 is 15.2 Å². The first-order chi connectivity index (χ1) is 8.56. The summed E-state index contributed by atoms with van der Waals surface area (Å²) in [5.41, 5.74) is 0.839. The molecule has 0 bridgehead atoms. The summed E-state index contributed by atoms with van der Waals surface area (Å²) in [6.07, 6.45) is 2.16. The fraction of sp³-hybridized carbons (Fsp3) is 0.417. The number of carbonyl (C=O) groups is 2. The summed E-state index contributed by atoms with van der Waals surface area (Å²) < 4.78 is 4.56. The Hall–Kier alpha value is -2.11. The Morgan fingerprint density at radius 2 is 2.28 bits per heavy atom. The maximum atomic E-state index is 11.3. The summed E-state index contributed by atoms with van der Waals surface area (Å²) >= 11 is 0. The number of hydrogen-bond donors (Lipinski definition) is 2. The zero-order valence-electron chi connectivity index (χ0n) is 10.3. The van der Waals surface area contributed by atoms with Gasteiger partial charge in [0, 0.05) is 17.9 Å². The second-order valence-corrected chi connectivity index (χ2v) is 3.77. The van der Waals surface area contributed by atoms with Crippen LogP contribution in [0.5, 0.6) is 0 Å². The van der Waals surface area contributed by atoms with E-state index < -0.39 is 11.9 Å². The van der Waals surface area contributed by atoms with E-state index in [1.165, 1.54) is 19.4 Å². The first-order valence-electron chi connectivity index (χ1n) is 5.59. The van der Waals surface area contributed by atoms with Crippen molar-refractivity contribution in [2.24, 2.45) is 0 Å². The maximum absolute atomic E-state index is 11.3. The Bertz CT molecular complexity index is 434. The molecule has 1 aromatic rings. The lowest BCUT2D eigenvalue weighted by Gasteiger charge is -2.16. The number of carbonyl (C=O) groups excluding carboxylic acids is 1. The molecule has 2 N–H and O–H groups in total. The van der Waals surface area contributed by atoms with Gasteiger partial charge in [0.05, 0.1) is 13.5 Å². The topological polar surface area (TPSA) is 88.5 Å². The number of hydrogen-bond acceptors (Lipinski definition) is 5. The molecule has 6 nitrogen and oxygen atoms in total. The van der Waals surface area contributed by atoms with Gasteiger partial charge in [0.1, 0.15) is 5.69 Å². The molecule has 0 saturated heterocycles. The van der Waals surface area contributed by atoms with Gasteiger partial charge in [0.25, 0.3) is 0 Å². The molecule has 6 heteroatoms. The average molecular weight is 252 g/mol. The molecule has 0 spiro atoms. The van der Waals surface area contributed by atoms with Gasteiger partial charge in [-0.3, -0.25) is 4.79 Å². The van der Waals surface area contributed by atoms with Gasteiger partial charge in [0.2, 0.25) is 0 Å². The van der Waals surface area contributed by atoms with Gasteiger partial charge in [-0.15, -0.1) is 0 Å². The molecule has 1 aromatic heterocycles. The number of rotatable bonds is 6. The molecule has 0 aliphatic heterocycles. The minimum Gasteiger partial charge on any atom is -0.481 e. The number of carboxylic acid groups (broad SMARTS) is 1. The largest absolute Gasteiger partial charge is 0.481 e. The molecule has 1 atom stereocenters. The average Bonchev–Trinajstić information content (AvgIpc) is 2.36. The third-order valence-corrected chi connectivity index (χ3v) is 2.44. The Morgan fingerprint density at radius 1 is 1.56 bits per heavy atom. The van der Waals surface area contributed by atoms with Crippen molar-refractivity contribution in [1.82, 2.24) is 4.98 Å². The number of aromatic nitrogens is 1. The van der Waals surface area contributed by atoms with Crippen molar-refractivity contribution in [3.8, 4) is 0 Å². The molecule has 1 heterocycles. The van der Waals surface area contributed by atoms with Crippen LogP contribution in [0.3, 0.4) is 0 Å². The van der Waals surface area contributed by atoms with Crippen LogP contribution in [0.15, 0.2) is 18.3 Å². The summed E-state index contributed by atoms with van der Waals surface area (Å²) in [6.45, 7) is 1.89. The summed E-state index contributed by atoms with van der Waals surface area (Å²) in [7, 11) is 1.28. The van der Waals surface area contributed by atoms with Crippen molar-refractivity contribution in [1.29, 1.82) is 0 Å². The van der Waals surface area contributed by atoms with Crippen LogP contribution in [0.25, 0.3) is 0 Å². The molecule has 0 aliphatic carbocycles. The third-order valence-electron chi connectivity index (χ3n) is 2.44. The Labute approximate surface area is 105 Å². The lowest BCUT2D eigenvalue weighted by molar-refractivity contribution is -0.137. The van der Waals surface area contributed by atoms with E-state index >= 15 is 0 Å². The van der Waals surface area contributed by atoms with Crippen molar-refractivity contribution in [2.75, 3.05) is 12.4 Å². The van der Waals surface area contributed by atoms with E-state index in [1.54, 1.807) is 6.07 Å². The maximum Gasteiger partial charge on any atom is 0.356 e. The minimum absolute atomic E-state index is 0.0202. The molecular weight excluding hydrogens is 236 g/mol. The molecule has 1 rings (SSSR count). The van der Waals surface area contributed by atoms with Crippen LogP contribution in [0.1, 0.15) is 30.3 Å². The zero-order valence-corrected chi connectivity index (χ0v) is 10.3. The third kappa shape index (κ3) is 4.04. The minimum atomic E-state index is -0.864. The normalized spacial score (nSPS) is 11.7. The van der Waals surface area contributed by atoms with Crippen molar-refractivity contribution in [2.45, 2.75) is 25.8 Å². The molecule has 0 fully saturated rings.